The number of benzene rings is 2. The van der Waals surface area contributed by atoms with E-state index in [1.54, 1.807) is 0 Å². The third-order valence-electron chi connectivity index (χ3n) is 3.46. The molecule has 0 heterocycles. The zero-order valence-corrected chi connectivity index (χ0v) is 13.9. The molecule has 0 aliphatic rings. The Kier molecular flexibility index (Phi) is 5.57. The minimum Gasteiger partial charge on any atom is -0.323 e. The Morgan fingerprint density at radius 3 is 2.57 bits per heavy atom. The first-order valence-corrected chi connectivity index (χ1v) is 8.75. The molecule has 0 aromatic heterocycles. The number of hydrogen-bond acceptors (Lipinski definition) is 2. The summed E-state index contributed by atoms with van der Waals surface area (Å²) < 4.78 is 12.3. The zero-order valence-electron chi connectivity index (χ0n) is 12.3. The fraction of sp³-hybridized carbons (Fsp3) is 0.294. The lowest BCUT2D eigenvalue weighted by atomic mass is 10.0. The minimum atomic E-state index is -1.03. The van der Waals surface area contributed by atoms with Gasteiger partial charge in [-0.2, -0.15) is 0 Å². The van der Waals surface area contributed by atoms with Crippen LogP contribution in [0.15, 0.2) is 42.5 Å². The van der Waals surface area contributed by atoms with E-state index < -0.39 is 10.8 Å². The maximum atomic E-state index is 12.3. The average Bonchev–Trinajstić information content (AvgIpc) is 2.41. The van der Waals surface area contributed by atoms with Crippen molar-refractivity contribution in [1.29, 1.82) is 0 Å². The lowest BCUT2D eigenvalue weighted by Gasteiger charge is -2.15. The van der Waals surface area contributed by atoms with E-state index in [1.807, 2.05) is 43.3 Å². The van der Waals surface area contributed by atoms with Crippen LogP contribution < -0.4 is 5.73 Å². The zero-order chi connectivity index (χ0) is 15.4. The average molecular weight is 322 g/mol. The Balaban J connectivity index is 2.04. The molecule has 0 spiro atoms. The van der Waals surface area contributed by atoms with Gasteiger partial charge in [0.1, 0.15) is 0 Å². The van der Waals surface area contributed by atoms with E-state index in [4.69, 9.17) is 17.3 Å². The predicted octanol–water partition coefficient (Wildman–Crippen LogP) is 3.91. The van der Waals surface area contributed by atoms with Gasteiger partial charge in [-0.25, -0.2) is 0 Å². The lowest BCUT2D eigenvalue weighted by molar-refractivity contribution is 0.674. The molecule has 0 bridgehead atoms. The molecule has 0 aliphatic heterocycles. The van der Waals surface area contributed by atoms with Crippen LogP contribution in [-0.4, -0.2) is 9.96 Å². The summed E-state index contributed by atoms with van der Waals surface area (Å²) in [5, 5.41) is 0.658. The van der Waals surface area contributed by atoms with Crippen molar-refractivity contribution in [1.82, 2.24) is 0 Å². The van der Waals surface area contributed by atoms with Crippen molar-refractivity contribution in [3.05, 3.63) is 69.7 Å². The number of nitrogens with two attached hydrogens (primary N) is 1. The highest BCUT2D eigenvalue weighted by atomic mass is 35.5. The van der Waals surface area contributed by atoms with Crippen LogP contribution >= 0.6 is 11.6 Å². The molecule has 2 N–H and O–H groups in total. The van der Waals surface area contributed by atoms with Gasteiger partial charge in [-0.05, 0) is 36.6 Å². The largest absolute Gasteiger partial charge is 0.323 e. The van der Waals surface area contributed by atoms with E-state index in [9.17, 15) is 4.21 Å². The summed E-state index contributed by atoms with van der Waals surface area (Å²) in [7, 11) is -1.03. The molecule has 21 heavy (non-hydrogen) atoms. The van der Waals surface area contributed by atoms with Crippen LogP contribution in [0.5, 0.6) is 0 Å². The van der Waals surface area contributed by atoms with Gasteiger partial charge >= 0.3 is 0 Å². The van der Waals surface area contributed by atoms with E-state index in [2.05, 4.69) is 13.0 Å². The molecule has 2 nitrogen and oxygen atoms in total. The van der Waals surface area contributed by atoms with Crippen LogP contribution in [0.4, 0.5) is 0 Å². The first-order chi connectivity index (χ1) is 9.97. The number of halogens is 1. The third kappa shape index (κ3) is 4.40. The highest BCUT2D eigenvalue weighted by molar-refractivity contribution is 7.84. The molecule has 4 heteroatoms. The maximum absolute atomic E-state index is 12.3. The SMILES string of the molecule is Cc1ccc(C(N)CS(=O)Cc2ccccc2Cl)c(C)c1. The second-order valence-electron chi connectivity index (χ2n) is 5.31. The van der Waals surface area contributed by atoms with Crippen LogP contribution in [0.3, 0.4) is 0 Å². The molecule has 0 fully saturated rings. The van der Waals surface area contributed by atoms with Gasteiger partial charge < -0.3 is 5.73 Å². The van der Waals surface area contributed by atoms with Crippen molar-refractivity contribution in [2.45, 2.75) is 25.6 Å². The Bertz CT molecular complexity index is 657. The molecule has 2 aromatic carbocycles. The van der Waals surface area contributed by atoms with Gasteiger partial charge in [-0.1, -0.05) is 53.6 Å². The Labute approximate surface area is 133 Å². The highest BCUT2D eigenvalue weighted by Crippen LogP contribution is 2.21. The molecule has 0 radical (unpaired) electrons. The molecule has 2 atom stereocenters. The molecule has 2 unspecified atom stereocenters. The summed E-state index contributed by atoms with van der Waals surface area (Å²) in [4.78, 5) is 0. The summed E-state index contributed by atoms with van der Waals surface area (Å²) in [5.74, 6) is 0.882. The Morgan fingerprint density at radius 2 is 1.90 bits per heavy atom. The normalized spacial score (nSPS) is 13.9. The summed E-state index contributed by atoms with van der Waals surface area (Å²) in [6.07, 6.45) is 0. The van der Waals surface area contributed by atoms with Gasteiger partial charge in [0.05, 0.1) is 5.75 Å². The number of hydrogen-bond donors (Lipinski definition) is 1. The lowest BCUT2D eigenvalue weighted by Crippen LogP contribution is -2.20. The first-order valence-electron chi connectivity index (χ1n) is 6.88. The van der Waals surface area contributed by atoms with Gasteiger partial charge in [-0.15, -0.1) is 0 Å². The van der Waals surface area contributed by atoms with Crippen molar-refractivity contribution in [3.63, 3.8) is 0 Å². The van der Waals surface area contributed by atoms with Gasteiger partial charge in [0.15, 0.2) is 0 Å². The third-order valence-corrected chi connectivity index (χ3v) is 5.20. The summed E-state index contributed by atoms with van der Waals surface area (Å²) >= 11 is 6.10. The molecule has 0 aliphatic carbocycles. The predicted molar refractivity (Wildman–Crippen MR) is 91.0 cm³/mol. The van der Waals surface area contributed by atoms with Crippen molar-refractivity contribution in [2.24, 2.45) is 5.73 Å². The smallest absolute Gasteiger partial charge is 0.0501 e. The van der Waals surface area contributed by atoms with Crippen molar-refractivity contribution < 1.29 is 4.21 Å². The quantitative estimate of drug-likeness (QED) is 0.907. The van der Waals surface area contributed by atoms with E-state index in [0.717, 1.165) is 16.7 Å². The monoisotopic (exact) mass is 321 g/mol. The second kappa shape index (κ2) is 7.21. The number of aryl methyl sites for hydroxylation is 2. The van der Waals surface area contributed by atoms with Crippen LogP contribution in [0.25, 0.3) is 0 Å². The van der Waals surface area contributed by atoms with E-state index in [0.29, 0.717) is 16.5 Å². The second-order valence-corrected chi connectivity index (χ2v) is 7.22. The van der Waals surface area contributed by atoms with Crippen LogP contribution in [0.1, 0.15) is 28.3 Å². The molecule has 0 saturated heterocycles. The van der Waals surface area contributed by atoms with Crippen LogP contribution in [-0.2, 0) is 16.6 Å². The molecule has 2 aromatic rings. The summed E-state index contributed by atoms with van der Waals surface area (Å²) in [6.45, 7) is 4.09. The Morgan fingerprint density at radius 1 is 1.19 bits per heavy atom. The van der Waals surface area contributed by atoms with Gasteiger partial charge in [-0.3, -0.25) is 4.21 Å². The Hall–Kier alpha value is -1.16. The molecule has 112 valence electrons. The van der Waals surface area contributed by atoms with E-state index in [-0.39, 0.29) is 6.04 Å². The molecule has 0 amide bonds. The van der Waals surface area contributed by atoms with E-state index >= 15 is 0 Å². The van der Waals surface area contributed by atoms with Crippen molar-refractivity contribution in [2.75, 3.05) is 5.75 Å². The number of rotatable bonds is 5. The van der Waals surface area contributed by atoms with Crippen molar-refractivity contribution >= 4 is 22.4 Å². The molecular formula is C17H20ClNOS. The maximum Gasteiger partial charge on any atom is 0.0501 e. The topological polar surface area (TPSA) is 43.1 Å². The van der Waals surface area contributed by atoms with Crippen LogP contribution in [0, 0.1) is 13.8 Å². The van der Waals surface area contributed by atoms with Gasteiger partial charge in [0, 0.05) is 27.6 Å². The summed E-state index contributed by atoms with van der Waals surface area (Å²) in [6, 6.07) is 13.5. The fourth-order valence-corrected chi connectivity index (χ4v) is 3.96. The highest BCUT2D eigenvalue weighted by Gasteiger charge is 2.14. The molecule has 2 rings (SSSR count). The van der Waals surface area contributed by atoms with E-state index in [1.165, 1.54) is 5.56 Å². The standard InChI is InChI=1S/C17H20ClNOS/c1-12-7-8-15(13(2)9-12)17(19)11-21(20)10-14-5-3-4-6-16(14)18/h3-9,17H,10-11,19H2,1-2H3. The van der Waals surface area contributed by atoms with Crippen molar-refractivity contribution in [3.8, 4) is 0 Å². The van der Waals surface area contributed by atoms with Gasteiger partial charge in [0.2, 0.25) is 0 Å². The minimum absolute atomic E-state index is 0.214. The molecule has 0 saturated carbocycles. The van der Waals surface area contributed by atoms with Gasteiger partial charge in [0.25, 0.3) is 0 Å². The molecular weight excluding hydrogens is 302 g/mol. The fourth-order valence-electron chi connectivity index (χ4n) is 2.38. The summed E-state index contributed by atoms with van der Waals surface area (Å²) in [5.41, 5.74) is 10.5. The first kappa shape index (κ1) is 16.2. The van der Waals surface area contributed by atoms with Crippen LogP contribution in [0.2, 0.25) is 5.02 Å².